The first-order valence-corrected chi connectivity index (χ1v) is 7.50. The number of hydrogen-bond acceptors (Lipinski definition) is 4. The molecular formula is C16H26N2O2. The smallest absolute Gasteiger partial charge is 0.165 e. The molecule has 0 spiro atoms. The number of para-hydroxylation sites is 1. The number of hydrogen-bond donors (Lipinski definition) is 1. The first kappa shape index (κ1) is 15.1. The van der Waals surface area contributed by atoms with Gasteiger partial charge in [0.15, 0.2) is 11.5 Å². The zero-order valence-electron chi connectivity index (χ0n) is 12.7. The van der Waals surface area contributed by atoms with Crippen LogP contribution in [0.1, 0.15) is 24.8 Å². The lowest BCUT2D eigenvalue weighted by Crippen LogP contribution is -2.33. The third-order valence-corrected chi connectivity index (χ3v) is 3.75. The van der Waals surface area contributed by atoms with Gasteiger partial charge >= 0.3 is 0 Å². The number of likely N-dealkylation sites (tertiary alicyclic amines) is 1. The van der Waals surface area contributed by atoms with Crippen molar-refractivity contribution in [1.29, 1.82) is 0 Å². The molecule has 1 fully saturated rings. The molecule has 20 heavy (non-hydrogen) atoms. The number of nitrogens with zero attached hydrogens (tertiary/aromatic N) is 1. The van der Waals surface area contributed by atoms with Gasteiger partial charge in [-0.05, 0) is 39.0 Å². The van der Waals surface area contributed by atoms with Gasteiger partial charge in [0.1, 0.15) is 6.61 Å². The van der Waals surface area contributed by atoms with Crippen LogP contribution >= 0.6 is 0 Å². The third kappa shape index (κ3) is 4.12. The molecule has 4 nitrogen and oxygen atoms in total. The van der Waals surface area contributed by atoms with Gasteiger partial charge in [0, 0.05) is 18.7 Å². The summed E-state index contributed by atoms with van der Waals surface area (Å²) in [5.74, 6) is 1.69. The van der Waals surface area contributed by atoms with Crippen LogP contribution in [0.2, 0.25) is 0 Å². The summed E-state index contributed by atoms with van der Waals surface area (Å²) in [6.07, 6.45) is 4.01. The quantitative estimate of drug-likeness (QED) is 0.829. The van der Waals surface area contributed by atoms with E-state index in [1.807, 2.05) is 19.2 Å². The maximum absolute atomic E-state index is 6.01. The van der Waals surface area contributed by atoms with Gasteiger partial charge in [-0.3, -0.25) is 4.90 Å². The Bertz CT molecular complexity index is 403. The van der Waals surface area contributed by atoms with E-state index < -0.39 is 0 Å². The minimum atomic E-state index is 0.719. The van der Waals surface area contributed by atoms with E-state index in [0.29, 0.717) is 0 Å². The lowest BCUT2D eigenvalue weighted by molar-refractivity contribution is 0.180. The van der Waals surface area contributed by atoms with Crippen molar-refractivity contribution in [2.75, 3.05) is 40.4 Å². The van der Waals surface area contributed by atoms with E-state index in [2.05, 4.69) is 16.3 Å². The van der Waals surface area contributed by atoms with Gasteiger partial charge in [0.05, 0.1) is 7.11 Å². The number of nitrogens with one attached hydrogen (secondary N) is 1. The largest absolute Gasteiger partial charge is 0.493 e. The van der Waals surface area contributed by atoms with Gasteiger partial charge in [-0.15, -0.1) is 0 Å². The Morgan fingerprint density at radius 1 is 1.20 bits per heavy atom. The molecule has 0 bridgehead atoms. The van der Waals surface area contributed by atoms with Crippen molar-refractivity contribution in [3.05, 3.63) is 23.8 Å². The van der Waals surface area contributed by atoms with Crippen molar-refractivity contribution in [2.24, 2.45) is 0 Å². The fourth-order valence-corrected chi connectivity index (χ4v) is 2.68. The highest BCUT2D eigenvalue weighted by molar-refractivity contribution is 5.46. The second kappa shape index (κ2) is 8.12. The van der Waals surface area contributed by atoms with Crippen LogP contribution in [0.15, 0.2) is 18.2 Å². The number of benzene rings is 1. The third-order valence-electron chi connectivity index (χ3n) is 3.75. The Labute approximate surface area is 122 Å². The average Bonchev–Trinajstić information content (AvgIpc) is 2.50. The molecule has 2 rings (SSSR count). The molecule has 0 radical (unpaired) electrons. The highest BCUT2D eigenvalue weighted by Gasteiger charge is 2.12. The lowest BCUT2D eigenvalue weighted by atomic mass is 10.1. The first-order valence-electron chi connectivity index (χ1n) is 7.50. The Balaban J connectivity index is 1.92. The van der Waals surface area contributed by atoms with Crippen LogP contribution in [0.3, 0.4) is 0 Å². The van der Waals surface area contributed by atoms with Crippen molar-refractivity contribution < 1.29 is 9.47 Å². The minimum Gasteiger partial charge on any atom is -0.493 e. The Morgan fingerprint density at radius 2 is 2.00 bits per heavy atom. The fourth-order valence-electron chi connectivity index (χ4n) is 2.68. The van der Waals surface area contributed by atoms with E-state index in [1.54, 1.807) is 7.11 Å². The Hall–Kier alpha value is -1.26. The van der Waals surface area contributed by atoms with E-state index in [9.17, 15) is 0 Å². The van der Waals surface area contributed by atoms with E-state index in [1.165, 1.54) is 32.4 Å². The van der Waals surface area contributed by atoms with Crippen LogP contribution in [-0.4, -0.2) is 45.3 Å². The maximum atomic E-state index is 6.01. The van der Waals surface area contributed by atoms with Gasteiger partial charge in [0.25, 0.3) is 0 Å². The molecule has 1 aliphatic rings. The van der Waals surface area contributed by atoms with Gasteiger partial charge in [-0.2, -0.15) is 0 Å². The maximum Gasteiger partial charge on any atom is 0.165 e. The molecule has 0 aromatic heterocycles. The zero-order valence-corrected chi connectivity index (χ0v) is 12.7. The number of piperidine rings is 1. The van der Waals surface area contributed by atoms with Crippen molar-refractivity contribution in [1.82, 2.24) is 10.2 Å². The normalized spacial score (nSPS) is 16.1. The van der Waals surface area contributed by atoms with Crippen molar-refractivity contribution >= 4 is 0 Å². The van der Waals surface area contributed by atoms with E-state index in [0.717, 1.165) is 36.8 Å². The monoisotopic (exact) mass is 278 g/mol. The molecule has 0 atom stereocenters. The van der Waals surface area contributed by atoms with Crippen LogP contribution in [0.5, 0.6) is 11.5 Å². The molecule has 1 aromatic rings. The van der Waals surface area contributed by atoms with Crippen molar-refractivity contribution in [3.8, 4) is 11.5 Å². The second-order valence-electron chi connectivity index (χ2n) is 5.23. The van der Waals surface area contributed by atoms with Crippen molar-refractivity contribution in [2.45, 2.75) is 25.8 Å². The van der Waals surface area contributed by atoms with E-state index in [4.69, 9.17) is 9.47 Å². The minimum absolute atomic E-state index is 0.719. The first-order chi connectivity index (χ1) is 9.85. The summed E-state index contributed by atoms with van der Waals surface area (Å²) < 4.78 is 11.4. The van der Waals surface area contributed by atoms with E-state index >= 15 is 0 Å². The summed E-state index contributed by atoms with van der Waals surface area (Å²) in [4.78, 5) is 2.48. The van der Waals surface area contributed by atoms with Gasteiger partial charge in [0.2, 0.25) is 0 Å². The van der Waals surface area contributed by atoms with Crippen LogP contribution < -0.4 is 14.8 Å². The molecule has 4 heteroatoms. The van der Waals surface area contributed by atoms with E-state index in [-0.39, 0.29) is 0 Å². The molecule has 0 aliphatic carbocycles. The summed E-state index contributed by atoms with van der Waals surface area (Å²) in [6.45, 7) is 4.92. The lowest BCUT2D eigenvalue weighted by Gasteiger charge is -2.26. The summed E-state index contributed by atoms with van der Waals surface area (Å²) in [7, 11) is 3.63. The topological polar surface area (TPSA) is 33.7 Å². The number of methoxy groups -OCH3 is 1. The van der Waals surface area contributed by atoms with Crippen molar-refractivity contribution in [3.63, 3.8) is 0 Å². The Kier molecular flexibility index (Phi) is 6.15. The van der Waals surface area contributed by atoms with Crippen LogP contribution in [0.25, 0.3) is 0 Å². The fraction of sp³-hybridized carbons (Fsp3) is 0.625. The molecule has 1 aliphatic heterocycles. The highest BCUT2D eigenvalue weighted by atomic mass is 16.5. The molecule has 1 aromatic carbocycles. The van der Waals surface area contributed by atoms with Crippen LogP contribution in [0.4, 0.5) is 0 Å². The highest BCUT2D eigenvalue weighted by Crippen LogP contribution is 2.31. The molecule has 1 heterocycles. The van der Waals surface area contributed by atoms with Gasteiger partial charge < -0.3 is 14.8 Å². The second-order valence-corrected chi connectivity index (χ2v) is 5.23. The molecular weight excluding hydrogens is 252 g/mol. The van der Waals surface area contributed by atoms with Crippen LogP contribution in [0, 0.1) is 0 Å². The average molecular weight is 278 g/mol. The zero-order chi connectivity index (χ0) is 14.2. The molecule has 1 saturated heterocycles. The molecule has 1 N–H and O–H groups in total. The van der Waals surface area contributed by atoms with Gasteiger partial charge in [-0.25, -0.2) is 0 Å². The standard InChI is InChI=1S/C16H26N2O2/c1-17-13-14-7-6-8-15(19-2)16(14)20-12-11-18-9-4-3-5-10-18/h6-8,17H,3-5,9-13H2,1-2H3. The Morgan fingerprint density at radius 3 is 2.70 bits per heavy atom. The summed E-state index contributed by atoms with van der Waals surface area (Å²) in [5.41, 5.74) is 1.14. The SMILES string of the molecule is CNCc1cccc(OC)c1OCCN1CCCCC1. The summed E-state index contributed by atoms with van der Waals surface area (Å²) >= 11 is 0. The number of ether oxygens (including phenoxy) is 2. The molecule has 112 valence electrons. The van der Waals surface area contributed by atoms with Gasteiger partial charge in [-0.1, -0.05) is 18.6 Å². The number of rotatable bonds is 7. The van der Waals surface area contributed by atoms with Crippen LogP contribution in [-0.2, 0) is 6.54 Å². The predicted molar refractivity (Wildman–Crippen MR) is 81.5 cm³/mol. The molecule has 0 amide bonds. The molecule has 0 saturated carbocycles. The summed E-state index contributed by atoms with van der Waals surface area (Å²) in [6, 6.07) is 6.04. The molecule has 0 unspecified atom stereocenters. The predicted octanol–water partition coefficient (Wildman–Crippen LogP) is 2.28. The summed E-state index contributed by atoms with van der Waals surface area (Å²) in [5, 5.41) is 3.17.